The van der Waals surface area contributed by atoms with Crippen molar-refractivity contribution >= 4 is 11.6 Å². The summed E-state index contributed by atoms with van der Waals surface area (Å²) in [5.41, 5.74) is 2.86. The van der Waals surface area contributed by atoms with Gasteiger partial charge in [-0.1, -0.05) is 17.7 Å². The van der Waals surface area contributed by atoms with E-state index in [4.69, 9.17) is 11.6 Å². The number of aryl methyl sites for hydroxylation is 1. The Labute approximate surface area is 117 Å². The molecule has 0 saturated heterocycles. The first-order valence-corrected chi connectivity index (χ1v) is 6.52. The lowest BCUT2D eigenvalue weighted by atomic mass is 9.98. The third-order valence-electron chi connectivity index (χ3n) is 3.20. The predicted octanol–water partition coefficient (Wildman–Crippen LogP) is 3.69. The van der Waals surface area contributed by atoms with Gasteiger partial charge >= 0.3 is 0 Å². The lowest BCUT2D eigenvalue weighted by molar-refractivity contribution is 0.579. The molecule has 0 spiro atoms. The van der Waals surface area contributed by atoms with Crippen molar-refractivity contribution in [3.63, 3.8) is 0 Å². The molecule has 0 aliphatic heterocycles. The Bertz CT molecular complexity index is 572. The Balaban J connectivity index is 2.29. The lowest BCUT2D eigenvalue weighted by Crippen LogP contribution is -2.20. The molecule has 1 aromatic carbocycles. The number of hydrogen-bond donors (Lipinski definition) is 1. The van der Waals surface area contributed by atoms with Crippen molar-refractivity contribution in [2.45, 2.75) is 19.4 Å². The zero-order chi connectivity index (χ0) is 13.8. The van der Waals surface area contributed by atoms with Crippen molar-refractivity contribution in [2.75, 3.05) is 7.05 Å². The zero-order valence-electron chi connectivity index (χ0n) is 11.0. The first-order valence-electron chi connectivity index (χ1n) is 6.14. The first kappa shape index (κ1) is 14.0. The number of pyridine rings is 1. The van der Waals surface area contributed by atoms with Crippen LogP contribution < -0.4 is 5.32 Å². The van der Waals surface area contributed by atoms with Crippen LogP contribution in [0.4, 0.5) is 4.39 Å². The van der Waals surface area contributed by atoms with Gasteiger partial charge < -0.3 is 5.32 Å². The van der Waals surface area contributed by atoms with Gasteiger partial charge in [0.25, 0.3) is 0 Å². The van der Waals surface area contributed by atoms with Crippen LogP contribution in [0, 0.1) is 12.7 Å². The second kappa shape index (κ2) is 6.13. The van der Waals surface area contributed by atoms with E-state index in [1.54, 1.807) is 12.3 Å². The number of hydrogen-bond acceptors (Lipinski definition) is 2. The normalized spacial score (nSPS) is 12.4. The highest BCUT2D eigenvalue weighted by atomic mass is 35.5. The van der Waals surface area contributed by atoms with Crippen molar-refractivity contribution < 1.29 is 4.39 Å². The van der Waals surface area contributed by atoms with Gasteiger partial charge in [-0.3, -0.25) is 4.98 Å². The number of rotatable bonds is 4. The SMILES string of the molecule is CNC(Cc1cc(F)ccc1Cl)c1cccnc1C. The van der Waals surface area contributed by atoms with Crippen LogP contribution in [-0.2, 0) is 6.42 Å². The summed E-state index contributed by atoms with van der Waals surface area (Å²) in [6, 6.07) is 8.44. The molecule has 0 fully saturated rings. The van der Waals surface area contributed by atoms with Gasteiger partial charge in [0.1, 0.15) is 5.82 Å². The van der Waals surface area contributed by atoms with E-state index >= 15 is 0 Å². The molecule has 4 heteroatoms. The van der Waals surface area contributed by atoms with Gasteiger partial charge in [-0.2, -0.15) is 0 Å². The number of halogens is 2. The van der Waals surface area contributed by atoms with Crippen LogP contribution in [0.2, 0.25) is 5.02 Å². The predicted molar refractivity (Wildman–Crippen MR) is 75.9 cm³/mol. The van der Waals surface area contributed by atoms with Gasteiger partial charge in [0, 0.05) is 23.0 Å². The van der Waals surface area contributed by atoms with E-state index < -0.39 is 0 Å². The average molecular weight is 279 g/mol. The summed E-state index contributed by atoms with van der Waals surface area (Å²) in [5.74, 6) is -0.267. The third kappa shape index (κ3) is 3.31. The summed E-state index contributed by atoms with van der Waals surface area (Å²) in [6.45, 7) is 1.97. The Morgan fingerprint density at radius 2 is 2.16 bits per heavy atom. The summed E-state index contributed by atoms with van der Waals surface area (Å²) in [6.07, 6.45) is 2.39. The fourth-order valence-electron chi connectivity index (χ4n) is 2.15. The maximum atomic E-state index is 13.3. The molecule has 0 amide bonds. The molecule has 2 nitrogen and oxygen atoms in total. The van der Waals surface area contributed by atoms with E-state index in [0.717, 1.165) is 16.8 Å². The maximum Gasteiger partial charge on any atom is 0.123 e. The zero-order valence-corrected chi connectivity index (χ0v) is 11.7. The van der Waals surface area contributed by atoms with Crippen molar-refractivity contribution in [3.8, 4) is 0 Å². The first-order chi connectivity index (χ1) is 9.11. The smallest absolute Gasteiger partial charge is 0.123 e. The second-order valence-electron chi connectivity index (χ2n) is 4.46. The van der Waals surface area contributed by atoms with Gasteiger partial charge in [0.15, 0.2) is 0 Å². The minimum absolute atomic E-state index is 0.0630. The molecule has 1 N–H and O–H groups in total. The van der Waals surface area contributed by atoms with Crippen LogP contribution >= 0.6 is 11.6 Å². The molecular formula is C15H16ClFN2. The molecule has 0 bridgehead atoms. The summed E-state index contributed by atoms with van der Waals surface area (Å²) < 4.78 is 13.3. The van der Waals surface area contributed by atoms with Crippen molar-refractivity contribution in [3.05, 3.63) is 64.2 Å². The number of nitrogens with zero attached hydrogens (tertiary/aromatic N) is 1. The molecule has 19 heavy (non-hydrogen) atoms. The van der Waals surface area contributed by atoms with Gasteiger partial charge in [-0.05, 0) is 55.8 Å². The minimum atomic E-state index is -0.267. The van der Waals surface area contributed by atoms with Crippen LogP contribution in [0.15, 0.2) is 36.5 Å². The highest BCUT2D eigenvalue weighted by molar-refractivity contribution is 6.31. The number of aromatic nitrogens is 1. The molecule has 0 saturated carbocycles. The molecule has 0 aliphatic rings. The number of benzene rings is 1. The van der Waals surface area contributed by atoms with Crippen molar-refractivity contribution in [1.82, 2.24) is 10.3 Å². The average Bonchev–Trinajstić information content (AvgIpc) is 2.41. The largest absolute Gasteiger partial charge is 0.313 e. The molecule has 1 aromatic heterocycles. The standard InChI is InChI=1S/C15H16ClFN2/c1-10-13(4-3-7-19-10)15(18-2)9-11-8-12(17)5-6-14(11)16/h3-8,15,18H,9H2,1-2H3. The highest BCUT2D eigenvalue weighted by Gasteiger charge is 2.15. The molecule has 1 unspecified atom stereocenters. The van der Waals surface area contributed by atoms with E-state index in [1.165, 1.54) is 12.1 Å². The van der Waals surface area contributed by atoms with Gasteiger partial charge in [-0.25, -0.2) is 4.39 Å². The summed E-state index contributed by atoms with van der Waals surface area (Å²) in [7, 11) is 1.88. The Kier molecular flexibility index (Phi) is 4.51. The Hall–Kier alpha value is -1.45. The molecule has 0 aliphatic carbocycles. The van der Waals surface area contributed by atoms with Crippen LogP contribution in [0.1, 0.15) is 22.9 Å². The number of nitrogens with one attached hydrogen (secondary N) is 1. The highest BCUT2D eigenvalue weighted by Crippen LogP contribution is 2.25. The molecule has 2 aromatic rings. The second-order valence-corrected chi connectivity index (χ2v) is 4.87. The molecule has 1 heterocycles. The fraction of sp³-hybridized carbons (Fsp3) is 0.267. The van der Waals surface area contributed by atoms with E-state index in [9.17, 15) is 4.39 Å². The topological polar surface area (TPSA) is 24.9 Å². The third-order valence-corrected chi connectivity index (χ3v) is 3.57. The quantitative estimate of drug-likeness (QED) is 0.923. The van der Waals surface area contributed by atoms with Crippen LogP contribution in [0.5, 0.6) is 0 Å². The molecule has 2 rings (SSSR count). The molecule has 100 valence electrons. The fourth-order valence-corrected chi connectivity index (χ4v) is 2.35. The Morgan fingerprint density at radius 3 is 2.84 bits per heavy atom. The van der Waals surface area contributed by atoms with Crippen LogP contribution in [-0.4, -0.2) is 12.0 Å². The monoisotopic (exact) mass is 278 g/mol. The van der Waals surface area contributed by atoms with E-state index in [-0.39, 0.29) is 11.9 Å². The van der Waals surface area contributed by atoms with Crippen molar-refractivity contribution in [1.29, 1.82) is 0 Å². The summed E-state index contributed by atoms with van der Waals surface area (Å²) in [5, 5.41) is 3.82. The van der Waals surface area contributed by atoms with Gasteiger partial charge in [0.05, 0.1) is 0 Å². The van der Waals surface area contributed by atoms with Crippen LogP contribution in [0.25, 0.3) is 0 Å². The lowest BCUT2D eigenvalue weighted by Gasteiger charge is -2.19. The van der Waals surface area contributed by atoms with E-state index in [2.05, 4.69) is 10.3 Å². The molecule has 1 atom stereocenters. The van der Waals surface area contributed by atoms with Crippen LogP contribution in [0.3, 0.4) is 0 Å². The van der Waals surface area contributed by atoms with Gasteiger partial charge in [-0.15, -0.1) is 0 Å². The van der Waals surface area contributed by atoms with Gasteiger partial charge in [0.2, 0.25) is 0 Å². The minimum Gasteiger partial charge on any atom is -0.313 e. The van der Waals surface area contributed by atoms with Crippen molar-refractivity contribution in [2.24, 2.45) is 0 Å². The Morgan fingerprint density at radius 1 is 1.37 bits per heavy atom. The molecule has 0 radical (unpaired) electrons. The van der Waals surface area contributed by atoms with E-state index in [1.807, 2.05) is 26.1 Å². The summed E-state index contributed by atoms with van der Waals surface area (Å²) in [4.78, 5) is 4.28. The number of likely N-dealkylation sites (N-methyl/N-ethyl adjacent to an activating group) is 1. The summed E-state index contributed by atoms with van der Waals surface area (Å²) >= 11 is 6.11. The maximum absolute atomic E-state index is 13.3. The molecular weight excluding hydrogens is 263 g/mol. The van der Waals surface area contributed by atoms with E-state index in [0.29, 0.717) is 11.4 Å².